The standard InChI is InChI=1S/C16H24O5/c1-10(2)13(18)15(20)16(21)14(19)12(17)9-8-11-6-4-3-5-7-11/h3-7,12,14-21H,8-9H2,1-2H3. The lowest BCUT2D eigenvalue weighted by atomic mass is 9.96. The number of rotatable bonds is 7. The second-order valence-corrected chi connectivity index (χ2v) is 5.40. The van der Waals surface area contributed by atoms with Gasteiger partial charge in [0.05, 0.1) is 6.10 Å². The highest BCUT2D eigenvalue weighted by Gasteiger charge is 2.32. The molecular weight excluding hydrogens is 272 g/mol. The van der Waals surface area contributed by atoms with E-state index in [0.29, 0.717) is 12.0 Å². The molecule has 0 fully saturated rings. The number of allylic oxidation sites excluding steroid dienone is 1. The first-order chi connectivity index (χ1) is 9.84. The molecule has 0 heterocycles. The summed E-state index contributed by atoms with van der Waals surface area (Å²) in [6, 6.07) is 9.45. The molecule has 1 rings (SSSR count). The van der Waals surface area contributed by atoms with Crippen molar-refractivity contribution in [1.82, 2.24) is 0 Å². The molecule has 4 unspecified atom stereocenters. The van der Waals surface area contributed by atoms with Gasteiger partial charge in [0.2, 0.25) is 0 Å². The van der Waals surface area contributed by atoms with Gasteiger partial charge in [-0.15, -0.1) is 0 Å². The molecule has 0 bridgehead atoms. The van der Waals surface area contributed by atoms with E-state index in [2.05, 4.69) is 0 Å². The second kappa shape index (κ2) is 8.14. The Morgan fingerprint density at radius 3 is 2.05 bits per heavy atom. The Morgan fingerprint density at radius 2 is 1.52 bits per heavy atom. The van der Waals surface area contributed by atoms with Crippen LogP contribution in [0.2, 0.25) is 0 Å². The molecule has 5 nitrogen and oxygen atoms in total. The summed E-state index contributed by atoms with van der Waals surface area (Å²) in [4.78, 5) is 0. The molecular formula is C16H24O5. The number of benzene rings is 1. The van der Waals surface area contributed by atoms with Crippen molar-refractivity contribution in [2.75, 3.05) is 0 Å². The van der Waals surface area contributed by atoms with Crippen molar-refractivity contribution in [3.63, 3.8) is 0 Å². The van der Waals surface area contributed by atoms with Crippen LogP contribution in [0.5, 0.6) is 0 Å². The first-order valence-electron chi connectivity index (χ1n) is 6.97. The molecule has 0 saturated heterocycles. The third-order valence-corrected chi connectivity index (χ3v) is 3.43. The number of aryl methyl sites for hydroxylation is 1. The Kier molecular flexibility index (Phi) is 6.84. The fraction of sp³-hybridized carbons (Fsp3) is 0.500. The molecule has 0 aromatic heterocycles. The summed E-state index contributed by atoms with van der Waals surface area (Å²) in [6.07, 6.45) is -5.21. The maximum atomic E-state index is 9.90. The zero-order valence-corrected chi connectivity index (χ0v) is 12.3. The Hall–Kier alpha value is -1.40. The first kappa shape index (κ1) is 17.7. The molecule has 0 aliphatic rings. The highest BCUT2D eigenvalue weighted by atomic mass is 16.4. The van der Waals surface area contributed by atoms with Crippen molar-refractivity contribution in [1.29, 1.82) is 0 Å². The maximum absolute atomic E-state index is 9.90. The van der Waals surface area contributed by atoms with E-state index in [0.717, 1.165) is 5.56 Å². The van der Waals surface area contributed by atoms with E-state index >= 15 is 0 Å². The van der Waals surface area contributed by atoms with Crippen molar-refractivity contribution in [3.05, 3.63) is 47.2 Å². The van der Waals surface area contributed by atoms with Crippen LogP contribution in [-0.2, 0) is 6.42 Å². The Balaban J connectivity index is 2.57. The van der Waals surface area contributed by atoms with E-state index in [1.165, 1.54) is 0 Å². The van der Waals surface area contributed by atoms with Crippen LogP contribution in [0, 0.1) is 0 Å². The van der Waals surface area contributed by atoms with Crippen molar-refractivity contribution >= 4 is 0 Å². The third kappa shape index (κ3) is 5.13. The fourth-order valence-corrected chi connectivity index (χ4v) is 2.00. The van der Waals surface area contributed by atoms with Gasteiger partial charge in [-0.05, 0) is 37.8 Å². The minimum absolute atomic E-state index is 0.241. The summed E-state index contributed by atoms with van der Waals surface area (Å²) in [5, 5.41) is 48.9. The number of hydrogen-bond acceptors (Lipinski definition) is 5. The Morgan fingerprint density at radius 1 is 0.952 bits per heavy atom. The molecule has 5 heteroatoms. The summed E-state index contributed by atoms with van der Waals surface area (Å²) in [5.41, 5.74) is 1.44. The lowest BCUT2D eigenvalue weighted by molar-refractivity contribution is -0.104. The second-order valence-electron chi connectivity index (χ2n) is 5.40. The predicted octanol–water partition coefficient (Wildman–Crippen LogP) is 0.915. The average Bonchev–Trinajstić information content (AvgIpc) is 2.50. The van der Waals surface area contributed by atoms with Crippen LogP contribution in [0.3, 0.4) is 0 Å². The topological polar surface area (TPSA) is 101 Å². The van der Waals surface area contributed by atoms with Gasteiger partial charge >= 0.3 is 0 Å². The lowest BCUT2D eigenvalue weighted by Crippen LogP contribution is -2.45. The summed E-state index contributed by atoms with van der Waals surface area (Å²) in [7, 11) is 0. The monoisotopic (exact) mass is 296 g/mol. The van der Waals surface area contributed by atoms with E-state index in [1.54, 1.807) is 13.8 Å². The van der Waals surface area contributed by atoms with E-state index in [9.17, 15) is 25.5 Å². The van der Waals surface area contributed by atoms with E-state index in [4.69, 9.17) is 0 Å². The van der Waals surface area contributed by atoms with Crippen LogP contribution in [0.1, 0.15) is 25.8 Å². The largest absolute Gasteiger partial charge is 0.510 e. The van der Waals surface area contributed by atoms with Crippen molar-refractivity contribution in [2.24, 2.45) is 0 Å². The van der Waals surface area contributed by atoms with E-state index in [-0.39, 0.29) is 6.42 Å². The lowest BCUT2D eigenvalue weighted by Gasteiger charge is -2.26. The molecule has 0 aliphatic carbocycles. The number of hydrogen-bond donors (Lipinski definition) is 5. The SMILES string of the molecule is CC(C)=C(O)C(O)C(O)C(O)C(O)CCc1ccccc1. The zero-order chi connectivity index (χ0) is 16.0. The van der Waals surface area contributed by atoms with Crippen LogP contribution >= 0.6 is 0 Å². The van der Waals surface area contributed by atoms with E-state index < -0.39 is 30.2 Å². The smallest absolute Gasteiger partial charge is 0.139 e. The third-order valence-electron chi connectivity index (χ3n) is 3.43. The van der Waals surface area contributed by atoms with Gasteiger partial charge < -0.3 is 25.5 Å². The molecule has 4 atom stereocenters. The number of aliphatic hydroxyl groups is 5. The molecule has 5 N–H and O–H groups in total. The van der Waals surface area contributed by atoms with Crippen molar-refractivity contribution in [2.45, 2.75) is 51.1 Å². The van der Waals surface area contributed by atoms with Crippen LogP contribution < -0.4 is 0 Å². The van der Waals surface area contributed by atoms with Gasteiger partial charge in [0.1, 0.15) is 24.1 Å². The zero-order valence-electron chi connectivity index (χ0n) is 12.3. The van der Waals surface area contributed by atoms with Crippen molar-refractivity contribution < 1.29 is 25.5 Å². The molecule has 0 amide bonds. The highest BCUT2D eigenvalue weighted by molar-refractivity contribution is 5.15. The fourth-order valence-electron chi connectivity index (χ4n) is 2.00. The minimum atomic E-state index is -1.65. The quantitative estimate of drug-likeness (QED) is 0.482. The average molecular weight is 296 g/mol. The van der Waals surface area contributed by atoms with Crippen molar-refractivity contribution in [3.8, 4) is 0 Å². The maximum Gasteiger partial charge on any atom is 0.139 e. The van der Waals surface area contributed by atoms with Gasteiger partial charge in [-0.2, -0.15) is 0 Å². The molecule has 0 aliphatic heterocycles. The molecule has 0 radical (unpaired) electrons. The molecule has 0 saturated carbocycles. The van der Waals surface area contributed by atoms with Gasteiger partial charge in [-0.3, -0.25) is 0 Å². The van der Waals surface area contributed by atoms with Gasteiger partial charge in [-0.1, -0.05) is 30.3 Å². The molecule has 0 spiro atoms. The molecule has 1 aromatic rings. The van der Waals surface area contributed by atoms with Gasteiger partial charge in [0.15, 0.2) is 0 Å². The van der Waals surface area contributed by atoms with Gasteiger partial charge in [0.25, 0.3) is 0 Å². The van der Waals surface area contributed by atoms with E-state index in [1.807, 2.05) is 30.3 Å². The van der Waals surface area contributed by atoms with Crippen LogP contribution in [0.25, 0.3) is 0 Å². The number of aliphatic hydroxyl groups excluding tert-OH is 5. The molecule has 1 aromatic carbocycles. The summed E-state index contributed by atoms with van der Waals surface area (Å²) in [5.74, 6) is -0.392. The highest BCUT2D eigenvalue weighted by Crippen LogP contribution is 2.16. The van der Waals surface area contributed by atoms with Crippen LogP contribution in [-0.4, -0.2) is 49.9 Å². The van der Waals surface area contributed by atoms with Gasteiger partial charge in [0, 0.05) is 0 Å². The first-order valence-corrected chi connectivity index (χ1v) is 6.97. The van der Waals surface area contributed by atoms with Gasteiger partial charge in [-0.25, -0.2) is 0 Å². The summed E-state index contributed by atoms with van der Waals surface area (Å²) < 4.78 is 0. The normalized spacial score (nSPS) is 16.9. The minimum Gasteiger partial charge on any atom is -0.510 e. The Bertz CT molecular complexity index is 453. The van der Waals surface area contributed by atoms with Crippen LogP contribution in [0.15, 0.2) is 41.7 Å². The summed E-state index contributed by atoms with van der Waals surface area (Å²) in [6.45, 7) is 3.15. The Labute approximate surface area is 124 Å². The van der Waals surface area contributed by atoms with Crippen LogP contribution in [0.4, 0.5) is 0 Å². The predicted molar refractivity (Wildman–Crippen MR) is 79.8 cm³/mol. The molecule has 21 heavy (non-hydrogen) atoms. The molecule has 118 valence electrons. The summed E-state index contributed by atoms with van der Waals surface area (Å²) >= 11 is 0.